The van der Waals surface area contributed by atoms with Crippen molar-refractivity contribution in [1.82, 2.24) is 0 Å². The van der Waals surface area contributed by atoms with Gasteiger partial charge in [0, 0.05) is 24.3 Å². The van der Waals surface area contributed by atoms with E-state index in [9.17, 15) is 73.8 Å². The van der Waals surface area contributed by atoms with Crippen LogP contribution in [0.4, 0.5) is 34.1 Å². The van der Waals surface area contributed by atoms with Crippen LogP contribution in [-0.4, -0.2) is 94.1 Å². The number of nitrogens with one attached hydrogen (secondary N) is 1. The topological polar surface area (TPSA) is 417 Å². The molecule has 428 valence electrons. The van der Waals surface area contributed by atoms with E-state index in [0.29, 0.717) is 17.7 Å². The van der Waals surface area contributed by atoms with Gasteiger partial charge in [0.15, 0.2) is 11.5 Å². The zero-order chi connectivity index (χ0) is 59.9. The lowest BCUT2D eigenvalue weighted by atomic mass is 10.1. The molecule has 6 N–H and O–H groups in total. The number of ether oxygens (including phenoxy) is 2. The largest absolute Gasteiger partial charge is 0.494 e. The number of nitrogens with zero attached hydrogens (tertiary/aromatic N) is 5. The van der Waals surface area contributed by atoms with Crippen molar-refractivity contribution in [2.45, 2.75) is 43.2 Å². The van der Waals surface area contributed by atoms with Gasteiger partial charge in [-0.05, 0) is 109 Å². The van der Waals surface area contributed by atoms with Crippen LogP contribution in [0, 0.1) is 13.8 Å². The lowest BCUT2D eigenvalue weighted by Crippen LogP contribution is -2.11. The molecule has 0 aliphatic heterocycles. The van der Waals surface area contributed by atoms with E-state index in [1.165, 1.54) is 113 Å². The Kier molecular flexibility index (Phi) is 16.3. The van der Waals surface area contributed by atoms with Crippen LogP contribution < -0.4 is 23.2 Å². The summed E-state index contributed by atoms with van der Waals surface area (Å²) >= 11 is 0. The second kappa shape index (κ2) is 22.4. The summed E-state index contributed by atoms with van der Waals surface area (Å²) in [7, 11) is -27.3. The second-order valence-electron chi connectivity index (χ2n) is 17.1. The van der Waals surface area contributed by atoms with Crippen molar-refractivity contribution in [1.29, 1.82) is 0 Å². The predicted octanol–water partition coefficient (Wildman–Crippen LogP) is 9.64. The fourth-order valence-electron chi connectivity index (χ4n) is 7.74. The molecule has 0 bridgehead atoms. The molecule has 0 saturated carbocycles. The highest BCUT2D eigenvalue weighted by Gasteiger charge is 2.28. The summed E-state index contributed by atoms with van der Waals surface area (Å²) in [4.78, 5) is -0.0357. The van der Waals surface area contributed by atoms with Crippen LogP contribution in [0.3, 0.4) is 0 Å². The van der Waals surface area contributed by atoms with Gasteiger partial charge in [0.2, 0.25) is 0 Å². The molecule has 82 heavy (non-hydrogen) atoms. The van der Waals surface area contributed by atoms with Crippen LogP contribution in [0.1, 0.15) is 11.1 Å². The molecule has 0 saturated heterocycles. The van der Waals surface area contributed by atoms with E-state index in [4.69, 9.17) is 17.8 Å². The number of fused-ring (bicyclic) bond motifs is 2. The zero-order valence-corrected chi connectivity index (χ0v) is 47.1. The molecular formula is C49H40N6O21S6. The van der Waals surface area contributed by atoms with Crippen molar-refractivity contribution in [2.24, 2.45) is 25.4 Å². The third kappa shape index (κ3) is 13.3. The molecule has 33 heteroatoms. The standard InChI is InChI=1S/C49H40N6O21S6/c1-27-15-39(43(73-3)25-37(27)52-54-41-21-33(77(57,58)59)17-29-19-35(79(63,64)65)23-45(47(29)41)75-81(69,70)31-11-7-5-8-12-31)50-49(56)51-40-16-28(2)38(26-44(40)74-4)53-55-42-22-34(78(60,61)62)18-30-20-36(80(66,67)68)24-46(48(30)42)76-82(71,72)32-13-9-6-10-14-32/h5-26H,1-4H3,(H2,50,51,56)(H,57,58,59)(H,60,61,62)(H,63,64,65)(H,66,67,68). The molecule has 0 aliphatic rings. The van der Waals surface area contributed by atoms with Crippen molar-refractivity contribution in [2.75, 3.05) is 19.5 Å². The Balaban J connectivity index is 1.14. The minimum atomic E-state index is -5.10. The summed E-state index contributed by atoms with van der Waals surface area (Å²) in [6, 6.07) is 23.9. The molecule has 0 unspecified atom stereocenters. The molecule has 0 amide bonds. The maximum Gasteiger partial charge on any atom is 0.339 e. The maximum atomic E-state index is 13.4. The third-order valence-electron chi connectivity index (χ3n) is 11.6. The first-order chi connectivity index (χ1) is 38.2. The fourth-order valence-corrected chi connectivity index (χ4v) is 11.8. The van der Waals surface area contributed by atoms with Gasteiger partial charge in [0.05, 0.1) is 73.0 Å². The van der Waals surface area contributed by atoms with Gasteiger partial charge in [0.1, 0.15) is 27.0 Å². The van der Waals surface area contributed by atoms with Crippen molar-refractivity contribution in [3.63, 3.8) is 0 Å². The van der Waals surface area contributed by atoms with Crippen molar-refractivity contribution < 1.29 is 91.7 Å². The first-order valence-electron chi connectivity index (χ1n) is 22.6. The minimum Gasteiger partial charge on any atom is -0.494 e. The van der Waals surface area contributed by atoms with Gasteiger partial charge in [-0.15, -0.1) is 10.2 Å². The highest BCUT2D eigenvalue weighted by molar-refractivity contribution is 7.88. The molecule has 0 fully saturated rings. The Hall–Kier alpha value is -8.51. The minimum absolute atomic E-state index is 0.00571. The van der Waals surface area contributed by atoms with Crippen molar-refractivity contribution in [3.8, 4) is 23.0 Å². The van der Waals surface area contributed by atoms with Gasteiger partial charge in [-0.1, -0.05) is 36.4 Å². The normalized spacial score (nSPS) is 13.0. The summed E-state index contributed by atoms with van der Waals surface area (Å²) in [5.41, 5.74) is -0.310. The number of hydrogen-bond acceptors (Lipinski definition) is 21. The van der Waals surface area contributed by atoms with E-state index in [0.717, 1.165) is 36.4 Å². The van der Waals surface area contributed by atoms with Gasteiger partial charge in [-0.2, -0.15) is 65.7 Å². The molecule has 0 heterocycles. The van der Waals surface area contributed by atoms with E-state index in [1.54, 1.807) is 0 Å². The summed E-state index contributed by atoms with van der Waals surface area (Å²) < 4.78 is 214. The molecule has 0 radical (unpaired) electrons. The number of amidine groups is 1. The SMILES string of the molecule is COc1cc(N=Nc2cc(S(=O)(=O)O)cc3cc(S(=O)(=O)O)cc(OS(=O)(=O)c4ccccc4)c23)c(C)cc1N=C(O)Nc1cc(C)c(N=Nc2cc(S(=O)(=O)O)cc3cc(S(=O)(=O)O)cc(OS(=O)(=O)c4ccccc4)c23)cc1OC. The van der Waals surface area contributed by atoms with Crippen molar-refractivity contribution >= 4 is 122 Å². The highest BCUT2D eigenvalue weighted by Crippen LogP contribution is 2.44. The van der Waals surface area contributed by atoms with E-state index in [-0.39, 0.29) is 71.1 Å². The van der Waals surface area contributed by atoms with Gasteiger partial charge >= 0.3 is 20.2 Å². The number of anilines is 1. The van der Waals surface area contributed by atoms with E-state index in [2.05, 4.69) is 30.8 Å². The number of benzene rings is 8. The van der Waals surface area contributed by atoms with Crippen molar-refractivity contribution in [3.05, 3.63) is 145 Å². The Morgan fingerprint density at radius 2 is 0.756 bits per heavy atom. The zero-order valence-electron chi connectivity index (χ0n) is 42.2. The van der Waals surface area contributed by atoms with E-state index < -0.39 is 109 Å². The quantitative estimate of drug-likeness (QED) is 0.0153. The molecule has 0 atom stereocenters. The average molecular weight is 1240 g/mol. The van der Waals surface area contributed by atoms with Crippen LogP contribution in [0.5, 0.6) is 23.0 Å². The molecule has 8 rings (SSSR count). The number of aliphatic hydroxyl groups excluding tert-OH is 1. The van der Waals surface area contributed by atoms with E-state index >= 15 is 0 Å². The Morgan fingerprint density at radius 3 is 1.13 bits per heavy atom. The number of hydrogen-bond donors (Lipinski definition) is 6. The number of aryl methyl sites for hydroxylation is 2. The summed E-state index contributed by atoms with van der Waals surface area (Å²) in [5.74, 6) is -1.54. The molecule has 8 aromatic rings. The molecule has 27 nitrogen and oxygen atoms in total. The smallest absolute Gasteiger partial charge is 0.339 e. The third-order valence-corrected chi connectivity index (χ3v) is 17.4. The monoisotopic (exact) mass is 1240 g/mol. The lowest BCUT2D eigenvalue weighted by Gasteiger charge is -2.14. The predicted molar refractivity (Wildman–Crippen MR) is 293 cm³/mol. The van der Waals surface area contributed by atoms with Crippen LogP contribution >= 0.6 is 0 Å². The number of methoxy groups -OCH3 is 2. The Labute approximate surface area is 467 Å². The fraction of sp³-hybridized carbons (Fsp3) is 0.0816. The molecule has 0 spiro atoms. The molecule has 0 aliphatic carbocycles. The van der Waals surface area contributed by atoms with E-state index in [1.807, 2.05) is 0 Å². The highest BCUT2D eigenvalue weighted by atomic mass is 32.2. The van der Waals surface area contributed by atoms with Crippen LogP contribution in [0.2, 0.25) is 0 Å². The maximum absolute atomic E-state index is 13.4. The summed E-state index contributed by atoms with van der Waals surface area (Å²) in [5, 5.41) is 29.1. The van der Waals surface area contributed by atoms with Gasteiger partial charge < -0.3 is 28.3 Å². The average Bonchev–Trinajstić information content (AvgIpc) is 1.78. The first-order valence-corrected chi connectivity index (χ1v) is 31.2. The first kappa shape index (κ1) is 59.6. The molecule has 8 aromatic carbocycles. The number of aliphatic hydroxyl groups is 1. The van der Waals surface area contributed by atoms with Crippen LogP contribution in [-0.2, 0) is 60.7 Å². The van der Waals surface area contributed by atoms with Crippen LogP contribution in [0.25, 0.3) is 21.5 Å². The summed E-state index contributed by atoms with van der Waals surface area (Å²) in [6.07, 6.45) is 0. The summed E-state index contributed by atoms with van der Waals surface area (Å²) in [6.45, 7) is 3.04. The molecule has 0 aromatic heterocycles. The molecular weight excluding hydrogens is 1200 g/mol. The van der Waals surface area contributed by atoms with Crippen LogP contribution in [0.15, 0.2) is 188 Å². The van der Waals surface area contributed by atoms with Gasteiger partial charge in [-0.25, -0.2) is 0 Å². The number of aliphatic imine (C=N–C) groups is 1. The number of rotatable bonds is 18. The number of azo groups is 2. The Bertz CT molecular complexity index is 4730. The van der Waals surface area contributed by atoms with Gasteiger partial charge in [-0.3, -0.25) is 18.2 Å². The van der Waals surface area contributed by atoms with Gasteiger partial charge in [0.25, 0.3) is 46.5 Å². The second-order valence-corrected chi connectivity index (χ2v) is 25.9. The Morgan fingerprint density at radius 1 is 0.402 bits per heavy atom. The lowest BCUT2D eigenvalue weighted by molar-refractivity contribution is 0.415.